The average Bonchev–Trinajstić information content (AvgIpc) is 2.38. The molecule has 1 aliphatic rings. The van der Waals surface area contributed by atoms with Gasteiger partial charge in [-0.1, -0.05) is 12.1 Å². The summed E-state index contributed by atoms with van der Waals surface area (Å²) in [5.41, 5.74) is 2.58. The Labute approximate surface area is 112 Å². The fourth-order valence-electron chi connectivity index (χ4n) is 2.03. The predicted octanol–water partition coefficient (Wildman–Crippen LogP) is 0.247. The lowest BCUT2D eigenvalue weighted by molar-refractivity contribution is -0.137. The Hall–Kier alpha value is -1.60. The summed E-state index contributed by atoms with van der Waals surface area (Å²) in [6, 6.07) is 5.48. The third kappa shape index (κ3) is 3.45. The zero-order valence-electron chi connectivity index (χ0n) is 10.6. The monoisotopic (exact) mass is 284 g/mol. The van der Waals surface area contributed by atoms with Gasteiger partial charge in [-0.3, -0.25) is 9.52 Å². The zero-order valence-corrected chi connectivity index (χ0v) is 11.4. The third-order valence-corrected chi connectivity index (χ3v) is 4.09. The van der Waals surface area contributed by atoms with Crippen LogP contribution in [0.25, 0.3) is 0 Å². The number of carbonyl (C=O) groups is 1. The van der Waals surface area contributed by atoms with Gasteiger partial charge < -0.3 is 10.1 Å². The van der Waals surface area contributed by atoms with Crippen LogP contribution >= 0.6 is 0 Å². The van der Waals surface area contributed by atoms with Gasteiger partial charge in [0, 0.05) is 6.54 Å². The highest BCUT2D eigenvalue weighted by Gasteiger charge is 2.20. The second kappa shape index (κ2) is 5.58. The fraction of sp³-hybridized carbons (Fsp3) is 0.417. The van der Waals surface area contributed by atoms with Crippen molar-refractivity contribution in [2.45, 2.75) is 13.0 Å². The van der Waals surface area contributed by atoms with E-state index in [0.29, 0.717) is 12.2 Å². The second-order valence-electron chi connectivity index (χ2n) is 4.31. The standard InChI is InChI=1S/C12H16N2O4S/c1-18-12(15)8-19(16,17)14-11-4-2-3-9-5-6-13-7-10(9)11/h2-4,13-14H,5-8H2,1H3. The Balaban J connectivity index is 2.22. The number of esters is 1. The van der Waals surface area contributed by atoms with Crippen molar-refractivity contribution < 1.29 is 17.9 Å². The van der Waals surface area contributed by atoms with Crippen LogP contribution in [-0.2, 0) is 32.5 Å². The molecule has 0 saturated heterocycles. The van der Waals surface area contributed by atoms with Crippen LogP contribution in [0, 0.1) is 0 Å². The van der Waals surface area contributed by atoms with E-state index in [2.05, 4.69) is 14.8 Å². The van der Waals surface area contributed by atoms with E-state index in [9.17, 15) is 13.2 Å². The maximum absolute atomic E-state index is 11.8. The first kappa shape index (κ1) is 13.8. The molecule has 1 aliphatic heterocycles. The number of sulfonamides is 1. The van der Waals surface area contributed by atoms with E-state index in [0.717, 1.165) is 31.2 Å². The molecule has 0 radical (unpaired) electrons. The van der Waals surface area contributed by atoms with E-state index in [4.69, 9.17) is 0 Å². The summed E-state index contributed by atoms with van der Waals surface area (Å²) in [5, 5.41) is 3.19. The van der Waals surface area contributed by atoms with Crippen LogP contribution in [0.2, 0.25) is 0 Å². The lowest BCUT2D eigenvalue weighted by Gasteiger charge is -2.20. The molecule has 0 unspecified atom stereocenters. The smallest absolute Gasteiger partial charge is 0.322 e. The third-order valence-electron chi connectivity index (χ3n) is 2.95. The molecule has 2 N–H and O–H groups in total. The molecule has 0 saturated carbocycles. The van der Waals surface area contributed by atoms with Gasteiger partial charge in [0.25, 0.3) is 0 Å². The summed E-state index contributed by atoms with van der Waals surface area (Å²) < 4.78 is 30.5. The first-order valence-corrected chi connectivity index (χ1v) is 7.56. The molecule has 0 aromatic heterocycles. The quantitative estimate of drug-likeness (QED) is 0.774. The highest BCUT2D eigenvalue weighted by molar-refractivity contribution is 7.93. The molecule has 0 aliphatic carbocycles. The van der Waals surface area contributed by atoms with Gasteiger partial charge in [-0.15, -0.1) is 0 Å². The van der Waals surface area contributed by atoms with Gasteiger partial charge in [-0.2, -0.15) is 0 Å². The molecule has 1 aromatic carbocycles. The lowest BCUT2D eigenvalue weighted by atomic mass is 10.00. The summed E-state index contributed by atoms with van der Waals surface area (Å²) in [4.78, 5) is 11.1. The number of ether oxygens (including phenoxy) is 1. The lowest BCUT2D eigenvalue weighted by Crippen LogP contribution is -2.27. The van der Waals surface area contributed by atoms with Gasteiger partial charge in [-0.05, 0) is 30.2 Å². The minimum Gasteiger partial charge on any atom is -0.468 e. The normalized spacial score (nSPS) is 14.6. The Morgan fingerprint density at radius 3 is 3.00 bits per heavy atom. The van der Waals surface area contributed by atoms with Crippen molar-refractivity contribution in [3.8, 4) is 0 Å². The molecular formula is C12H16N2O4S. The summed E-state index contributed by atoms with van der Waals surface area (Å²) >= 11 is 0. The fourth-order valence-corrected chi connectivity index (χ4v) is 3.05. The largest absolute Gasteiger partial charge is 0.468 e. The van der Waals surface area contributed by atoms with Crippen LogP contribution in [-0.4, -0.2) is 33.8 Å². The van der Waals surface area contributed by atoms with Gasteiger partial charge in [-0.25, -0.2) is 8.42 Å². The van der Waals surface area contributed by atoms with E-state index >= 15 is 0 Å². The number of carbonyl (C=O) groups excluding carboxylic acids is 1. The van der Waals surface area contributed by atoms with Gasteiger partial charge >= 0.3 is 5.97 Å². The number of hydrogen-bond acceptors (Lipinski definition) is 5. The van der Waals surface area contributed by atoms with Crippen LogP contribution in [0.5, 0.6) is 0 Å². The van der Waals surface area contributed by atoms with E-state index < -0.39 is 21.7 Å². The first-order chi connectivity index (χ1) is 9.02. The average molecular weight is 284 g/mol. The number of hydrogen-bond donors (Lipinski definition) is 2. The molecule has 0 spiro atoms. The molecule has 1 heterocycles. The van der Waals surface area contributed by atoms with Crippen LogP contribution < -0.4 is 10.0 Å². The van der Waals surface area contributed by atoms with Crippen molar-refractivity contribution in [2.75, 3.05) is 24.1 Å². The molecular weight excluding hydrogens is 268 g/mol. The van der Waals surface area contributed by atoms with Gasteiger partial charge in [0.15, 0.2) is 5.75 Å². The summed E-state index contributed by atoms with van der Waals surface area (Å²) in [6.45, 7) is 1.50. The van der Waals surface area contributed by atoms with Crippen LogP contribution in [0.15, 0.2) is 18.2 Å². The van der Waals surface area contributed by atoms with Gasteiger partial charge in [0.05, 0.1) is 12.8 Å². The minimum absolute atomic E-state index is 0.522. The minimum atomic E-state index is -3.73. The number of anilines is 1. The highest BCUT2D eigenvalue weighted by Crippen LogP contribution is 2.23. The molecule has 0 bridgehead atoms. The Bertz CT molecular complexity index is 583. The van der Waals surface area contributed by atoms with Crippen molar-refractivity contribution >= 4 is 21.7 Å². The van der Waals surface area contributed by atoms with E-state index in [-0.39, 0.29) is 0 Å². The molecule has 0 fully saturated rings. The van der Waals surface area contributed by atoms with Crippen LogP contribution in [0.4, 0.5) is 5.69 Å². The maximum Gasteiger partial charge on any atom is 0.322 e. The zero-order chi connectivity index (χ0) is 13.9. The maximum atomic E-state index is 11.8. The number of fused-ring (bicyclic) bond motifs is 1. The number of methoxy groups -OCH3 is 1. The molecule has 0 atom stereocenters. The molecule has 6 nitrogen and oxygen atoms in total. The molecule has 7 heteroatoms. The van der Waals surface area contributed by atoms with Crippen molar-refractivity contribution in [2.24, 2.45) is 0 Å². The number of benzene rings is 1. The van der Waals surface area contributed by atoms with Crippen LogP contribution in [0.3, 0.4) is 0 Å². The van der Waals surface area contributed by atoms with Gasteiger partial charge in [0.1, 0.15) is 0 Å². The predicted molar refractivity (Wildman–Crippen MR) is 71.3 cm³/mol. The van der Waals surface area contributed by atoms with Gasteiger partial charge in [0.2, 0.25) is 10.0 Å². The van der Waals surface area contributed by atoms with E-state index in [1.807, 2.05) is 6.07 Å². The van der Waals surface area contributed by atoms with Crippen molar-refractivity contribution in [3.63, 3.8) is 0 Å². The van der Waals surface area contributed by atoms with E-state index in [1.54, 1.807) is 12.1 Å². The second-order valence-corrected chi connectivity index (χ2v) is 6.03. The number of nitrogens with one attached hydrogen (secondary N) is 2. The SMILES string of the molecule is COC(=O)CS(=O)(=O)Nc1cccc2c1CNCC2. The molecule has 19 heavy (non-hydrogen) atoms. The molecule has 104 valence electrons. The van der Waals surface area contributed by atoms with Crippen molar-refractivity contribution in [1.29, 1.82) is 0 Å². The Morgan fingerprint density at radius 1 is 1.47 bits per heavy atom. The molecule has 1 aromatic rings. The molecule has 0 amide bonds. The van der Waals surface area contributed by atoms with Crippen LogP contribution in [0.1, 0.15) is 11.1 Å². The first-order valence-electron chi connectivity index (χ1n) is 5.90. The van der Waals surface area contributed by atoms with Crippen molar-refractivity contribution in [3.05, 3.63) is 29.3 Å². The Kier molecular flexibility index (Phi) is 4.06. The van der Waals surface area contributed by atoms with Crippen molar-refractivity contribution in [1.82, 2.24) is 5.32 Å². The summed E-state index contributed by atoms with van der Waals surface area (Å²) in [6.07, 6.45) is 0.863. The summed E-state index contributed by atoms with van der Waals surface area (Å²) in [7, 11) is -2.57. The summed E-state index contributed by atoms with van der Waals surface area (Å²) in [5.74, 6) is -1.46. The molecule has 2 rings (SSSR count). The number of rotatable bonds is 4. The highest BCUT2D eigenvalue weighted by atomic mass is 32.2. The van der Waals surface area contributed by atoms with E-state index in [1.165, 1.54) is 0 Å². The Morgan fingerprint density at radius 2 is 2.26 bits per heavy atom. The topological polar surface area (TPSA) is 84.5 Å².